The molecule has 0 spiro atoms. The number of rotatable bonds is 4. The van der Waals surface area contributed by atoms with Crippen LogP contribution in [0.3, 0.4) is 0 Å². The molecule has 0 N–H and O–H groups in total. The minimum atomic E-state index is -0.233. The van der Waals surface area contributed by atoms with Gasteiger partial charge in [-0.25, -0.2) is 4.39 Å². The predicted molar refractivity (Wildman–Crippen MR) is 52.0 cm³/mol. The average Bonchev–Trinajstić information content (AvgIpc) is 2.12. The first-order valence-electron chi connectivity index (χ1n) is 4.19. The minimum Gasteiger partial charge on any atom is -0.493 e. The molecule has 0 amide bonds. The van der Waals surface area contributed by atoms with Crippen LogP contribution in [0.15, 0.2) is 18.2 Å². The van der Waals surface area contributed by atoms with Crippen LogP contribution in [0.5, 0.6) is 5.75 Å². The van der Waals surface area contributed by atoms with E-state index in [2.05, 4.69) is 0 Å². The Morgan fingerprint density at radius 1 is 1.46 bits per heavy atom. The number of alkyl halides is 1. The van der Waals surface area contributed by atoms with Gasteiger partial charge in [-0.15, -0.1) is 11.6 Å². The summed E-state index contributed by atoms with van der Waals surface area (Å²) in [6, 6.07) is 4.85. The van der Waals surface area contributed by atoms with Gasteiger partial charge in [-0.1, -0.05) is 6.07 Å². The van der Waals surface area contributed by atoms with E-state index in [1.165, 1.54) is 6.07 Å². The van der Waals surface area contributed by atoms with Crippen LogP contribution in [0.4, 0.5) is 4.39 Å². The lowest BCUT2D eigenvalue weighted by Gasteiger charge is -2.05. The molecule has 1 aromatic carbocycles. The van der Waals surface area contributed by atoms with Gasteiger partial charge in [0.15, 0.2) is 0 Å². The maximum absolute atomic E-state index is 13.0. The highest BCUT2D eigenvalue weighted by Crippen LogP contribution is 2.15. The van der Waals surface area contributed by atoms with Crippen molar-refractivity contribution in [3.05, 3.63) is 29.6 Å². The van der Waals surface area contributed by atoms with Gasteiger partial charge in [0.1, 0.15) is 11.6 Å². The first kappa shape index (κ1) is 10.3. The van der Waals surface area contributed by atoms with E-state index in [1.807, 2.05) is 0 Å². The van der Waals surface area contributed by atoms with Crippen molar-refractivity contribution in [2.75, 3.05) is 12.5 Å². The van der Waals surface area contributed by atoms with Crippen molar-refractivity contribution in [3.63, 3.8) is 0 Å². The summed E-state index contributed by atoms with van der Waals surface area (Å²) >= 11 is 5.47. The summed E-state index contributed by atoms with van der Waals surface area (Å²) in [5, 5.41) is 0. The van der Waals surface area contributed by atoms with Gasteiger partial charge in [0, 0.05) is 11.9 Å². The van der Waals surface area contributed by atoms with Gasteiger partial charge in [0.25, 0.3) is 0 Å². The second-order valence-corrected chi connectivity index (χ2v) is 3.18. The van der Waals surface area contributed by atoms with E-state index in [9.17, 15) is 4.39 Å². The van der Waals surface area contributed by atoms with Gasteiger partial charge < -0.3 is 4.74 Å². The largest absolute Gasteiger partial charge is 0.493 e. The summed E-state index contributed by atoms with van der Waals surface area (Å²) in [6.07, 6.45) is 0.775. The molecule has 13 heavy (non-hydrogen) atoms. The Kier molecular flexibility index (Phi) is 4.03. The van der Waals surface area contributed by atoms with Crippen molar-refractivity contribution in [2.24, 2.45) is 0 Å². The Hall–Kier alpha value is -0.760. The van der Waals surface area contributed by atoms with Crippen molar-refractivity contribution in [3.8, 4) is 5.75 Å². The van der Waals surface area contributed by atoms with Crippen LogP contribution in [0, 0.1) is 12.7 Å². The maximum atomic E-state index is 13.0. The third-order valence-electron chi connectivity index (χ3n) is 1.69. The van der Waals surface area contributed by atoms with E-state index in [-0.39, 0.29) is 5.82 Å². The molecule has 3 heteroatoms. The van der Waals surface area contributed by atoms with Crippen LogP contribution >= 0.6 is 11.6 Å². The highest BCUT2D eigenvalue weighted by atomic mass is 35.5. The molecule has 72 valence electrons. The lowest BCUT2D eigenvalue weighted by atomic mass is 10.2. The molecule has 1 nitrogen and oxygen atoms in total. The van der Waals surface area contributed by atoms with Crippen LogP contribution < -0.4 is 4.74 Å². The second-order valence-electron chi connectivity index (χ2n) is 2.80. The number of hydrogen-bond donors (Lipinski definition) is 0. The monoisotopic (exact) mass is 202 g/mol. The van der Waals surface area contributed by atoms with Gasteiger partial charge >= 0.3 is 0 Å². The zero-order valence-corrected chi connectivity index (χ0v) is 8.27. The number of hydrogen-bond acceptors (Lipinski definition) is 1. The molecule has 0 aliphatic heterocycles. The predicted octanol–water partition coefficient (Wildman–Crippen LogP) is 3.14. The standard InChI is InChI=1S/C10H12ClFO/c1-8-3-4-9(7-10(8)12)13-6-2-5-11/h3-4,7H,2,5-6H2,1H3. The van der Waals surface area contributed by atoms with E-state index >= 15 is 0 Å². The van der Waals surface area contributed by atoms with Crippen molar-refractivity contribution < 1.29 is 9.13 Å². The first-order chi connectivity index (χ1) is 6.24. The molecular weight excluding hydrogens is 191 g/mol. The van der Waals surface area contributed by atoms with Crippen molar-refractivity contribution >= 4 is 11.6 Å². The molecule has 0 atom stereocenters. The number of aryl methyl sites for hydroxylation is 1. The van der Waals surface area contributed by atoms with E-state index in [4.69, 9.17) is 16.3 Å². The highest BCUT2D eigenvalue weighted by Gasteiger charge is 1.99. The summed E-state index contributed by atoms with van der Waals surface area (Å²) in [5.74, 6) is 0.894. The Morgan fingerprint density at radius 3 is 2.85 bits per heavy atom. The quantitative estimate of drug-likeness (QED) is 0.539. The molecule has 1 rings (SSSR count). The van der Waals surface area contributed by atoms with E-state index in [0.717, 1.165) is 6.42 Å². The zero-order chi connectivity index (χ0) is 9.68. The van der Waals surface area contributed by atoms with Gasteiger partial charge in [0.2, 0.25) is 0 Å². The molecule has 0 heterocycles. The Labute approximate surface area is 82.5 Å². The van der Waals surface area contributed by atoms with Crippen molar-refractivity contribution in [2.45, 2.75) is 13.3 Å². The molecule has 0 saturated carbocycles. The van der Waals surface area contributed by atoms with Crippen LogP contribution in [0.25, 0.3) is 0 Å². The average molecular weight is 203 g/mol. The number of benzene rings is 1. The lowest BCUT2D eigenvalue weighted by Crippen LogP contribution is -1.98. The SMILES string of the molecule is Cc1ccc(OCCCCl)cc1F. The summed E-state index contributed by atoms with van der Waals surface area (Å²) in [7, 11) is 0. The molecule has 0 unspecified atom stereocenters. The van der Waals surface area contributed by atoms with Gasteiger partial charge in [-0.05, 0) is 25.0 Å². The topological polar surface area (TPSA) is 9.23 Å². The van der Waals surface area contributed by atoms with Crippen LogP contribution in [-0.4, -0.2) is 12.5 Å². The summed E-state index contributed by atoms with van der Waals surface area (Å²) in [5.41, 5.74) is 0.629. The van der Waals surface area contributed by atoms with E-state index < -0.39 is 0 Å². The molecule has 0 aromatic heterocycles. The van der Waals surface area contributed by atoms with Crippen molar-refractivity contribution in [1.82, 2.24) is 0 Å². The first-order valence-corrected chi connectivity index (χ1v) is 4.72. The third kappa shape index (κ3) is 3.23. The van der Waals surface area contributed by atoms with E-state index in [0.29, 0.717) is 23.8 Å². The fourth-order valence-corrected chi connectivity index (χ4v) is 1.02. The zero-order valence-electron chi connectivity index (χ0n) is 7.52. The van der Waals surface area contributed by atoms with Crippen LogP contribution in [0.2, 0.25) is 0 Å². The Balaban J connectivity index is 2.53. The number of ether oxygens (including phenoxy) is 1. The molecule has 0 saturated heterocycles. The minimum absolute atomic E-state index is 0.233. The molecular formula is C10H12ClFO. The van der Waals surface area contributed by atoms with Crippen LogP contribution in [-0.2, 0) is 0 Å². The molecule has 0 aliphatic rings. The Morgan fingerprint density at radius 2 is 2.23 bits per heavy atom. The van der Waals surface area contributed by atoms with Crippen LogP contribution in [0.1, 0.15) is 12.0 Å². The van der Waals surface area contributed by atoms with Gasteiger partial charge in [-0.3, -0.25) is 0 Å². The summed E-state index contributed by atoms with van der Waals surface area (Å²) < 4.78 is 18.2. The lowest BCUT2D eigenvalue weighted by molar-refractivity contribution is 0.316. The second kappa shape index (κ2) is 5.07. The highest BCUT2D eigenvalue weighted by molar-refractivity contribution is 6.17. The smallest absolute Gasteiger partial charge is 0.129 e. The Bertz CT molecular complexity index is 276. The third-order valence-corrected chi connectivity index (χ3v) is 1.96. The molecule has 0 fully saturated rings. The van der Waals surface area contributed by atoms with Gasteiger partial charge in [0.05, 0.1) is 6.61 Å². The normalized spacial score (nSPS) is 10.1. The number of halogens is 2. The molecule has 0 radical (unpaired) electrons. The summed E-state index contributed by atoms with van der Waals surface area (Å²) in [4.78, 5) is 0. The van der Waals surface area contributed by atoms with Gasteiger partial charge in [-0.2, -0.15) is 0 Å². The summed E-state index contributed by atoms with van der Waals surface area (Å²) in [6.45, 7) is 2.25. The molecule has 1 aromatic rings. The maximum Gasteiger partial charge on any atom is 0.129 e. The molecule has 0 aliphatic carbocycles. The van der Waals surface area contributed by atoms with E-state index in [1.54, 1.807) is 19.1 Å². The molecule has 0 bridgehead atoms. The fraction of sp³-hybridized carbons (Fsp3) is 0.400. The fourth-order valence-electron chi connectivity index (χ4n) is 0.908. The van der Waals surface area contributed by atoms with Crippen molar-refractivity contribution in [1.29, 1.82) is 0 Å².